The van der Waals surface area contributed by atoms with Gasteiger partial charge < -0.3 is 5.32 Å². The minimum Gasteiger partial charge on any atom is -0.372 e. The number of pyridine rings is 1. The Bertz CT molecular complexity index is 933. The van der Waals surface area contributed by atoms with Gasteiger partial charge in [0.15, 0.2) is 0 Å². The molecule has 24 heavy (non-hydrogen) atoms. The smallest absolute Gasteiger partial charge is 0.311 e. The van der Waals surface area contributed by atoms with E-state index in [0.717, 1.165) is 4.47 Å². The van der Waals surface area contributed by atoms with Gasteiger partial charge in [-0.05, 0) is 42.8 Å². The summed E-state index contributed by atoms with van der Waals surface area (Å²) in [5, 5.41) is 15.1. The molecule has 1 atom stereocenters. The highest BCUT2D eigenvalue weighted by molar-refractivity contribution is 9.10. The largest absolute Gasteiger partial charge is 0.372 e. The van der Waals surface area contributed by atoms with Gasteiger partial charge in [-0.1, -0.05) is 28.1 Å². The molecule has 7 heteroatoms. The Hall–Kier alpha value is -2.54. The van der Waals surface area contributed by atoms with Gasteiger partial charge in [0.1, 0.15) is 17.7 Å². The molecule has 3 aromatic rings. The summed E-state index contributed by atoms with van der Waals surface area (Å²) in [6.07, 6.45) is 1.23. The maximum atomic E-state index is 13.4. The lowest BCUT2D eigenvalue weighted by Gasteiger charge is -2.17. The summed E-state index contributed by atoms with van der Waals surface area (Å²) in [5.74, 6) is -0.349. The number of halogens is 2. The number of hydrogen-bond donors (Lipinski definition) is 1. The van der Waals surface area contributed by atoms with Gasteiger partial charge in [0.05, 0.1) is 10.4 Å². The predicted octanol–water partition coefficient (Wildman–Crippen LogP) is 5.22. The van der Waals surface area contributed by atoms with Gasteiger partial charge in [-0.15, -0.1) is 0 Å². The number of hydrogen-bond acceptors (Lipinski definition) is 4. The van der Waals surface area contributed by atoms with E-state index in [4.69, 9.17) is 0 Å². The molecule has 122 valence electrons. The van der Waals surface area contributed by atoms with E-state index in [0.29, 0.717) is 22.2 Å². The monoisotopic (exact) mass is 389 g/mol. The van der Waals surface area contributed by atoms with Gasteiger partial charge in [0, 0.05) is 15.9 Å². The highest BCUT2D eigenvalue weighted by atomic mass is 79.9. The Morgan fingerprint density at radius 3 is 2.79 bits per heavy atom. The molecular formula is C17H13BrFN3O2. The van der Waals surface area contributed by atoms with Crippen molar-refractivity contribution in [2.45, 2.75) is 13.0 Å². The van der Waals surface area contributed by atoms with Gasteiger partial charge in [-0.2, -0.15) is 0 Å². The van der Waals surface area contributed by atoms with E-state index in [1.165, 1.54) is 18.3 Å². The number of nitro groups is 1. The quantitative estimate of drug-likeness (QED) is 0.490. The molecule has 1 N–H and O–H groups in total. The first-order valence-corrected chi connectivity index (χ1v) is 7.99. The molecule has 0 aliphatic carbocycles. The number of aromatic nitrogens is 1. The topological polar surface area (TPSA) is 68.1 Å². The van der Waals surface area contributed by atoms with Crippen LogP contribution in [0.25, 0.3) is 10.9 Å². The molecule has 5 nitrogen and oxygen atoms in total. The standard InChI is InChI=1S/C17H13BrFN3O2/c1-10(11-3-2-4-13(19)7-11)21-17-14-8-12(18)5-6-15(14)20-9-16(17)22(23)24/h2-10H,1H3,(H,20,21). The third-order valence-electron chi connectivity index (χ3n) is 3.72. The number of benzene rings is 2. The van der Waals surface area contributed by atoms with Crippen LogP contribution in [0.4, 0.5) is 15.8 Å². The van der Waals surface area contributed by atoms with Crippen LogP contribution in [0.5, 0.6) is 0 Å². The zero-order valence-corrected chi connectivity index (χ0v) is 14.2. The van der Waals surface area contributed by atoms with Gasteiger partial charge >= 0.3 is 5.69 Å². The van der Waals surface area contributed by atoms with Crippen LogP contribution in [0.3, 0.4) is 0 Å². The predicted molar refractivity (Wildman–Crippen MR) is 94.5 cm³/mol. The molecule has 0 aliphatic rings. The maximum Gasteiger partial charge on any atom is 0.311 e. The van der Waals surface area contributed by atoms with E-state index >= 15 is 0 Å². The molecule has 0 amide bonds. The Labute approximate surface area is 145 Å². The minimum absolute atomic E-state index is 0.121. The van der Waals surface area contributed by atoms with E-state index < -0.39 is 4.92 Å². The number of anilines is 1. The van der Waals surface area contributed by atoms with Crippen LogP contribution in [0.1, 0.15) is 18.5 Å². The Balaban J connectivity index is 2.11. The summed E-state index contributed by atoms with van der Waals surface area (Å²) < 4.78 is 14.2. The SMILES string of the molecule is CC(Nc1c([N+](=O)[O-])cnc2ccc(Br)cc12)c1cccc(F)c1. The normalized spacial score (nSPS) is 12.1. The molecule has 0 radical (unpaired) electrons. The number of nitrogens with zero attached hydrogens (tertiary/aromatic N) is 2. The molecule has 0 aliphatic heterocycles. The van der Waals surface area contributed by atoms with E-state index in [2.05, 4.69) is 26.2 Å². The highest BCUT2D eigenvalue weighted by Gasteiger charge is 2.20. The van der Waals surface area contributed by atoms with Crippen LogP contribution in [0.15, 0.2) is 53.1 Å². The van der Waals surface area contributed by atoms with Crippen molar-refractivity contribution in [3.8, 4) is 0 Å². The van der Waals surface area contributed by atoms with E-state index in [1.807, 2.05) is 13.0 Å². The fraction of sp³-hybridized carbons (Fsp3) is 0.118. The van der Waals surface area contributed by atoms with E-state index in [-0.39, 0.29) is 17.5 Å². The zero-order valence-electron chi connectivity index (χ0n) is 12.7. The van der Waals surface area contributed by atoms with Crippen molar-refractivity contribution in [1.82, 2.24) is 4.98 Å². The molecule has 0 saturated heterocycles. The van der Waals surface area contributed by atoms with Crippen LogP contribution in [-0.2, 0) is 0 Å². The molecule has 3 rings (SSSR count). The van der Waals surface area contributed by atoms with Crippen LogP contribution in [-0.4, -0.2) is 9.91 Å². The van der Waals surface area contributed by atoms with Crippen LogP contribution >= 0.6 is 15.9 Å². The summed E-state index contributed by atoms with van der Waals surface area (Å²) in [6.45, 7) is 1.82. The van der Waals surface area contributed by atoms with Crippen LogP contribution in [0, 0.1) is 15.9 Å². The van der Waals surface area contributed by atoms with Crippen molar-refractivity contribution in [2.24, 2.45) is 0 Å². The average Bonchev–Trinajstić information content (AvgIpc) is 2.55. The molecule has 0 fully saturated rings. The molecular weight excluding hydrogens is 377 g/mol. The lowest BCUT2D eigenvalue weighted by Crippen LogP contribution is -2.09. The number of nitrogens with one attached hydrogen (secondary N) is 1. The summed E-state index contributed by atoms with van der Waals surface area (Å²) in [5.41, 5.74) is 1.58. The van der Waals surface area contributed by atoms with Crippen LogP contribution in [0.2, 0.25) is 0 Å². The second kappa shape index (κ2) is 6.52. The number of rotatable bonds is 4. The minimum atomic E-state index is -0.478. The first kappa shape index (κ1) is 16.3. The molecule has 1 heterocycles. The Morgan fingerprint density at radius 2 is 2.08 bits per heavy atom. The Morgan fingerprint density at radius 1 is 1.29 bits per heavy atom. The number of fused-ring (bicyclic) bond motifs is 1. The first-order chi connectivity index (χ1) is 11.5. The lowest BCUT2D eigenvalue weighted by atomic mass is 10.1. The summed E-state index contributed by atoms with van der Waals surface area (Å²) >= 11 is 3.37. The molecule has 1 unspecified atom stereocenters. The summed E-state index contributed by atoms with van der Waals surface area (Å²) in [4.78, 5) is 15.0. The summed E-state index contributed by atoms with van der Waals surface area (Å²) in [7, 11) is 0. The molecule has 0 bridgehead atoms. The second-order valence-corrected chi connectivity index (χ2v) is 6.27. The maximum absolute atomic E-state index is 13.4. The third kappa shape index (κ3) is 3.21. The third-order valence-corrected chi connectivity index (χ3v) is 4.21. The average molecular weight is 390 g/mol. The molecule has 0 saturated carbocycles. The Kier molecular flexibility index (Phi) is 4.44. The molecule has 0 spiro atoms. The summed E-state index contributed by atoms with van der Waals surface area (Å²) in [6, 6.07) is 11.2. The molecule has 1 aromatic heterocycles. The van der Waals surface area contributed by atoms with Gasteiger partial charge in [-0.3, -0.25) is 10.1 Å². The van der Waals surface area contributed by atoms with Crippen molar-refractivity contribution < 1.29 is 9.31 Å². The molecule has 2 aromatic carbocycles. The van der Waals surface area contributed by atoms with Crippen LogP contribution < -0.4 is 5.32 Å². The highest BCUT2D eigenvalue weighted by Crippen LogP contribution is 2.35. The zero-order chi connectivity index (χ0) is 17.3. The fourth-order valence-electron chi connectivity index (χ4n) is 2.52. The van der Waals surface area contributed by atoms with Gasteiger partial charge in [-0.25, -0.2) is 9.37 Å². The second-order valence-electron chi connectivity index (χ2n) is 5.36. The van der Waals surface area contributed by atoms with Gasteiger partial charge in [0.2, 0.25) is 0 Å². The van der Waals surface area contributed by atoms with Crippen molar-refractivity contribution in [2.75, 3.05) is 5.32 Å². The van der Waals surface area contributed by atoms with Crippen molar-refractivity contribution >= 4 is 38.2 Å². The lowest BCUT2D eigenvalue weighted by molar-refractivity contribution is -0.384. The van der Waals surface area contributed by atoms with E-state index in [9.17, 15) is 14.5 Å². The van der Waals surface area contributed by atoms with Gasteiger partial charge in [0.25, 0.3) is 0 Å². The van der Waals surface area contributed by atoms with Crippen molar-refractivity contribution in [3.63, 3.8) is 0 Å². The van der Waals surface area contributed by atoms with E-state index in [1.54, 1.807) is 24.3 Å². The van der Waals surface area contributed by atoms with Crippen molar-refractivity contribution in [3.05, 3.63) is 74.6 Å². The first-order valence-electron chi connectivity index (χ1n) is 7.20. The fourth-order valence-corrected chi connectivity index (χ4v) is 2.88. The van der Waals surface area contributed by atoms with Crippen molar-refractivity contribution in [1.29, 1.82) is 0 Å².